The summed E-state index contributed by atoms with van der Waals surface area (Å²) in [7, 11) is 2.49. The van der Waals surface area contributed by atoms with E-state index < -0.39 is 0 Å². The molecule has 0 bridgehead atoms. The smallest absolute Gasteiger partial charge is 0.118 e. The summed E-state index contributed by atoms with van der Waals surface area (Å²) in [5.41, 5.74) is 2.99. The molecule has 0 rings (SSSR count). The van der Waals surface area contributed by atoms with Crippen LogP contribution in [0.3, 0.4) is 0 Å². The summed E-state index contributed by atoms with van der Waals surface area (Å²) in [5.74, 6) is 1.78. The maximum Gasteiger partial charge on any atom is 0.120 e. The minimum absolute atomic E-state index is 0.882. The quantitative estimate of drug-likeness (QED) is 0.0420. The van der Waals surface area contributed by atoms with Gasteiger partial charge in [0.15, 0.2) is 0 Å². The molecule has 0 radical (unpaired) electrons. The van der Waals surface area contributed by atoms with Gasteiger partial charge < -0.3 is 0 Å². The van der Waals surface area contributed by atoms with E-state index in [1.54, 1.807) is 0 Å². The van der Waals surface area contributed by atoms with Crippen LogP contribution in [0.2, 0.25) is 12.6 Å². The highest BCUT2D eigenvalue weighted by atomic mass is 31.1. The first-order valence-corrected chi connectivity index (χ1v) is 17.6. The lowest BCUT2D eigenvalue weighted by Crippen LogP contribution is -2.07. The van der Waals surface area contributed by atoms with Crippen LogP contribution in [-0.2, 0) is 0 Å². The topological polar surface area (TPSA) is 0 Å². The van der Waals surface area contributed by atoms with Crippen molar-refractivity contribution in [3.63, 3.8) is 0 Å². The summed E-state index contributed by atoms with van der Waals surface area (Å²) in [6, 6.07) is 0. The summed E-state index contributed by atoms with van der Waals surface area (Å²) >= 11 is 0. The molecule has 0 nitrogen and oxygen atoms in total. The van der Waals surface area contributed by atoms with Crippen LogP contribution in [-0.4, -0.2) is 19.6 Å². The standard InChI is InChI=1S/C34H66BP/c1-7-10-12-13-14-15-16-18-22-31(4)23-19-27-35-28-20-24-34(29-33(6)30-36-9-3)26-25-32(5)21-17-11-8-2/h15-16,32,34-36H,4,6-14,17-30H2,1-3,5H3/b16-15-. The molecule has 0 aliphatic heterocycles. The van der Waals surface area contributed by atoms with Crippen LogP contribution in [0, 0.1) is 11.8 Å². The predicted molar refractivity (Wildman–Crippen MR) is 175 cm³/mol. The summed E-state index contributed by atoms with van der Waals surface area (Å²) in [6.45, 7) is 18.2. The molecular formula is C34H66BP. The molecule has 0 spiro atoms. The maximum absolute atomic E-state index is 4.45. The molecule has 0 aromatic rings. The molecule has 210 valence electrons. The number of rotatable bonds is 28. The molecule has 3 unspecified atom stereocenters. The maximum atomic E-state index is 4.45. The highest BCUT2D eigenvalue weighted by Gasteiger charge is 2.13. The zero-order valence-corrected chi connectivity index (χ0v) is 26.5. The number of unbranched alkanes of at least 4 members (excludes halogenated alkanes) is 6. The van der Waals surface area contributed by atoms with Crippen molar-refractivity contribution >= 4 is 15.9 Å². The largest absolute Gasteiger partial charge is 0.120 e. The molecule has 0 amide bonds. The lowest BCUT2D eigenvalue weighted by atomic mass is 9.67. The van der Waals surface area contributed by atoms with E-state index in [0.717, 1.165) is 20.4 Å². The summed E-state index contributed by atoms with van der Waals surface area (Å²) in [6.07, 6.45) is 34.5. The summed E-state index contributed by atoms with van der Waals surface area (Å²) < 4.78 is 0. The van der Waals surface area contributed by atoms with Gasteiger partial charge in [-0.05, 0) is 69.1 Å². The average molecular weight is 517 g/mol. The van der Waals surface area contributed by atoms with Gasteiger partial charge in [-0.2, -0.15) is 0 Å². The summed E-state index contributed by atoms with van der Waals surface area (Å²) in [4.78, 5) is 0. The Kier molecular flexibility index (Phi) is 27.5. The van der Waals surface area contributed by atoms with E-state index in [0.29, 0.717) is 0 Å². The molecule has 0 saturated carbocycles. The first-order valence-electron chi connectivity index (χ1n) is 16.2. The molecule has 0 aliphatic rings. The van der Waals surface area contributed by atoms with Gasteiger partial charge in [-0.1, -0.05) is 147 Å². The van der Waals surface area contributed by atoms with Gasteiger partial charge in [0.2, 0.25) is 0 Å². The van der Waals surface area contributed by atoms with E-state index in [2.05, 4.69) is 53.0 Å². The second-order valence-electron chi connectivity index (χ2n) is 11.7. The van der Waals surface area contributed by atoms with Crippen molar-refractivity contribution in [2.24, 2.45) is 11.8 Å². The zero-order valence-electron chi connectivity index (χ0n) is 25.5. The second-order valence-corrected chi connectivity index (χ2v) is 13.3. The molecule has 0 saturated heterocycles. The van der Waals surface area contributed by atoms with Crippen molar-refractivity contribution in [2.45, 2.75) is 156 Å². The van der Waals surface area contributed by atoms with Crippen molar-refractivity contribution < 1.29 is 0 Å². The van der Waals surface area contributed by atoms with Crippen molar-refractivity contribution in [3.05, 3.63) is 36.5 Å². The Morgan fingerprint density at radius 2 is 1.44 bits per heavy atom. The van der Waals surface area contributed by atoms with E-state index >= 15 is 0 Å². The Morgan fingerprint density at radius 1 is 0.722 bits per heavy atom. The molecule has 36 heavy (non-hydrogen) atoms. The fourth-order valence-corrected chi connectivity index (χ4v) is 5.96. The first kappa shape index (κ1) is 35.7. The minimum Gasteiger partial charge on any atom is -0.118 e. The van der Waals surface area contributed by atoms with E-state index in [1.807, 2.05) is 0 Å². The van der Waals surface area contributed by atoms with Crippen LogP contribution >= 0.6 is 8.58 Å². The molecule has 0 N–H and O–H groups in total. The van der Waals surface area contributed by atoms with Gasteiger partial charge >= 0.3 is 0 Å². The number of hydrogen-bond acceptors (Lipinski definition) is 0. The van der Waals surface area contributed by atoms with Crippen molar-refractivity contribution in [1.82, 2.24) is 0 Å². The average Bonchev–Trinajstić information content (AvgIpc) is 2.87. The van der Waals surface area contributed by atoms with Gasteiger partial charge in [0.05, 0.1) is 0 Å². The number of hydrogen-bond donors (Lipinski definition) is 0. The van der Waals surface area contributed by atoms with Gasteiger partial charge in [0, 0.05) is 0 Å². The Bertz CT molecular complexity index is 523. The Labute approximate surface area is 232 Å². The monoisotopic (exact) mass is 516 g/mol. The molecule has 0 aromatic carbocycles. The highest BCUT2D eigenvalue weighted by Crippen LogP contribution is 2.28. The molecule has 2 heteroatoms. The molecule has 0 heterocycles. The first-order chi connectivity index (χ1) is 17.5. The van der Waals surface area contributed by atoms with Crippen LogP contribution in [0.15, 0.2) is 36.5 Å². The summed E-state index contributed by atoms with van der Waals surface area (Å²) in [5, 5.41) is 0. The van der Waals surface area contributed by atoms with E-state index in [9.17, 15) is 0 Å². The highest BCUT2D eigenvalue weighted by molar-refractivity contribution is 7.38. The Balaban J connectivity index is 3.98. The fraction of sp³-hybridized carbons (Fsp3) is 0.824. The van der Waals surface area contributed by atoms with E-state index in [1.165, 1.54) is 159 Å². The Hall–Kier alpha value is -0.285. The van der Waals surface area contributed by atoms with Crippen LogP contribution in [0.25, 0.3) is 0 Å². The predicted octanol–water partition coefficient (Wildman–Crippen LogP) is 11.9. The third kappa shape index (κ3) is 25.4. The van der Waals surface area contributed by atoms with E-state index in [-0.39, 0.29) is 0 Å². The molecule has 0 aromatic heterocycles. The van der Waals surface area contributed by atoms with Crippen molar-refractivity contribution in [2.75, 3.05) is 12.3 Å². The SMILES string of the molecule is C=C(CC/C=C\CCCCCC)CCCBCCCC(CCC(C)CCCCC)CC(=C)CPCC. The molecular weight excluding hydrogens is 450 g/mol. The van der Waals surface area contributed by atoms with Crippen LogP contribution in [0.4, 0.5) is 0 Å². The van der Waals surface area contributed by atoms with Crippen LogP contribution < -0.4 is 0 Å². The normalized spacial score (nSPS) is 13.6. The molecule has 0 aliphatic carbocycles. The minimum atomic E-state index is 0.882. The fourth-order valence-electron chi connectivity index (χ4n) is 5.21. The van der Waals surface area contributed by atoms with Crippen LogP contribution in [0.5, 0.6) is 0 Å². The van der Waals surface area contributed by atoms with E-state index in [4.69, 9.17) is 0 Å². The van der Waals surface area contributed by atoms with Crippen molar-refractivity contribution in [3.8, 4) is 0 Å². The molecule has 0 fully saturated rings. The molecule has 3 atom stereocenters. The zero-order chi connectivity index (χ0) is 26.7. The van der Waals surface area contributed by atoms with Gasteiger partial charge in [-0.25, -0.2) is 0 Å². The number of allylic oxidation sites excluding steroid dienone is 4. The third-order valence-corrected chi connectivity index (χ3v) is 9.02. The van der Waals surface area contributed by atoms with Crippen LogP contribution in [0.1, 0.15) is 143 Å². The van der Waals surface area contributed by atoms with Gasteiger partial charge in [0.25, 0.3) is 0 Å². The van der Waals surface area contributed by atoms with Gasteiger partial charge in [0.1, 0.15) is 7.28 Å². The third-order valence-electron chi connectivity index (χ3n) is 7.77. The van der Waals surface area contributed by atoms with Crippen molar-refractivity contribution in [1.29, 1.82) is 0 Å². The van der Waals surface area contributed by atoms with Gasteiger partial charge in [-0.3, -0.25) is 0 Å². The van der Waals surface area contributed by atoms with Gasteiger partial charge in [-0.15, -0.1) is 8.58 Å². The Morgan fingerprint density at radius 3 is 2.19 bits per heavy atom. The lowest BCUT2D eigenvalue weighted by Gasteiger charge is -2.20. The second kappa shape index (κ2) is 27.7. The lowest BCUT2D eigenvalue weighted by molar-refractivity contribution is 0.366.